The van der Waals surface area contributed by atoms with Crippen LogP contribution in [0, 0.1) is 13.8 Å². The van der Waals surface area contributed by atoms with Crippen molar-refractivity contribution >= 4 is 5.91 Å². The van der Waals surface area contributed by atoms with Gasteiger partial charge in [-0.3, -0.25) is 4.79 Å². The lowest BCUT2D eigenvalue weighted by Crippen LogP contribution is -2.28. The number of aliphatic hydroxyl groups excluding tert-OH is 1. The van der Waals surface area contributed by atoms with E-state index in [1.54, 1.807) is 20.8 Å². The summed E-state index contributed by atoms with van der Waals surface area (Å²) in [5.41, 5.74) is 1.63. The van der Waals surface area contributed by atoms with Gasteiger partial charge in [-0.05, 0) is 33.6 Å². The number of hydrogen-bond acceptors (Lipinski definition) is 4. The molecular weight excluding hydrogens is 246 g/mol. The van der Waals surface area contributed by atoms with E-state index in [1.807, 2.05) is 0 Å². The van der Waals surface area contributed by atoms with Gasteiger partial charge >= 0.3 is 5.69 Å². The number of rotatable bonds is 6. The summed E-state index contributed by atoms with van der Waals surface area (Å²) >= 11 is 0. The van der Waals surface area contributed by atoms with E-state index in [0.29, 0.717) is 24.4 Å². The minimum absolute atomic E-state index is 0.106. The van der Waals surface area contributed by atoms with Crippen LogP contribution in [0.15, 0.2) is 4.79 Å². The molecule has 1 heterocycles. The first-order chi connectivity index (χ1) is 8.90. The highest BCUT2D eigenvalue weighted by Crippen LogP contribution is 2.07. The molecule has 0 saturated heterocycles. The molecular formula is C13H21N3O3. The fraction of sp³-hybridized carbons (Fsp3) is 0.615. The van der Waals surface area contributed by atoms with Crippen LogP contribution in [-0.4, -0.2) is 33.6 Å². The van der Waals surface area contributed by atoms with Gasteiger partial charge in [0.25, 0.3) is 0 Å². The number of nitrogens with one attached hydrogen (secondary N) is 2. The zero-order valence-electron chi connectivity index (χ0n) is 11.6. The van der Waals surface area contributed by atoms with E-state index in [2.05, 4.69) is 15.3 Å². The summed E-state index contributed by atoms with van der Waals surface area (Å²) in [6.45, 7) is 5.74. The molecule has 106 valence electrons. The molecule has 0 spiro atoms. The van der Waals surface area contributed by atoms with Crippen LogP contribution in [0.25, 0.3) is 0 Å². The SMILES string of the molecule is Cc1nc(=O)[nH]c(C)c1CC(=O)NCCCC(C)O. The highest BCUT2D eigenvalue weighted by atomic mass is 16.3. The lowest BCUT2D eigenvalue weighted by atomic mass is 10.1. The number of aromatic nitrogens is 2. The topological polar surface area (TPSA) is 95.1 Å². The summed E-state index contributed by atoms with van der Waals surface area (Å²) in [7, 11) is 0. The van der Waals surface area contributed by atoms with Gasteiger partial charge in [-0.15, -0.1) is 0 Å². The Kier molecular flexibility index (Phi) is 5.69. The van der Waals surface area contributed by atoms with Crippen molar-refractivity contribution < 1.29 is 9.90 Å². The van der Waals surface area contributed by atoms with E-state index < -0.39 is 5.69 Å². The second-order valence-electron chi connectivity index (χ2n) is 4.75. The Bertz CT molecular complexity index is 468. The first-order valence-electron chi connectivity index (χ1n) is 6.41. The second-order valence-corrected chi connectivity index (χ2v) is 4.75. The molecule has 1 amide bonds. The van der Waals surface area contributed by atoms with Crippen LogP contribution >= 0.6 is 0 Å². The minimum Gasteiger partial charge on any atom is -0.393 e. The molecule has 0 saturated carbocycles. The van der Waals surface area contributed by atoms with Crippen molar-refractivity contribution in [1.82, 2.24) is 15.3 Å². The third kappa shape index (κ3) is 5.21. The maximum atomic E-state index is 11.8. The monoisotopic (exact) mass is 267 g/mol. The van der Waals surface area contributed by atoms with E-state index in [1.165, 1.54) is 0 Å². The average Bonchev–Trinajstić information content (AvgIpc) is 2.29. The van der Waals surface area contributed by atoms with Gasteiger partial charge in [0, 0.05) is 23.5 Å². The highest BCUT2D eigenvalue weighted by molar-refractivity contribution is 5.78. The van der Waals surface area contributed by atoms with Crippen molar-refractivity contribution in [3.05, 3.63) is 27.4 Å². The molecule has 0 fully saturated rings. The normalized spacial score (nSPS) is 12.2. The van der Waals surface area contributed by atoms with Gasteiger partial charge in [-0.1, -0.05) is 0 Å². The fourth-order valence-electron chi connectivity index (χ4n) is 1.86. The van der Waals surface area contributed by atoms with Crippen LogP contribution in [-0.2, 0) is 11.2 Å². The molecule has 0 aliphatic heterocycles. The van der Waals surface area contributed by atoms with Gasteiger partial charge in [0.2, 0.25) is 5.91 Å². The summed E-state index contributed by atoms with van der Waals surface area (Å²) in [6, 6.07) is 0. The number of carbonyl (C=O) groups excluding carboxylic acids is 1. The maximum Gasteiger partial charge on any atom is 0.345 e. The average molecular weight is 267 g/mol. The van der Waals surface area contributed by atoms with Crippen LogP contribution in [0.1, 0.15) is 36.7 Å². The number of H-pyrrole nitrogens is 1. The molecule has 0 radical (unpaired) electrons. The molecule has 3 N–H and O–H groups in total. The lowest BCUT2D eigenvalue weighted by molar-refractivity contribution is -0.120. The molecule has 19 heavy (non-hydrogen) atoms. The van der Waals surface area contributed by atoms with Crippen molar-refractivity contribution in [1.29, 1.82) is 0 Å². The fourth-order valence-corrected chi connectivity index (χ4v) is 1.86. The summed E-state index contributed by atoms with van der Waals surface area (Å²) in [5.74, 6) is -0.106. The molecule has 1 atom stereocenters. The quantitative estimate of drug-likeness (QED) is 0.642. The standard InChI is InChI=1S/C13H21N3O3/c1-8(17)5-4-6-14-12(18)7-11-9(2)15-13(19)16-10(11)3/h8,17H,4-7H2,1-3H3,(H,14,18)(H,15,16,19). The molecule has 1 aromatic heterocycles. The van der Waals surface area contributed by atoms with Crippen LogP contribution in [0.2, 0.25) is 0 Å². The third-order valence-corrected chi connectivity index (χ3v) is 2.91. The largest absolute Gasteiger partial charge is 0.393 e. The van der Waals surface area contributed by atoms with Gasteiger partial charge in [0.1, 0.15) is 0 Å². The second kappa shape index (κ2) is 7.04. The Labute approximate surface area is 112 Å². The molecule has 0 aromatic carbocycles. The van der Waals surface area contributed by atoms with Crippen molar-refractivity contribution in [3.63, 3.8) is 0 Å². The number of aromatic amines is 1. The van der Waals surface area contributed by atoms with E-state index in [-0.39, 0.29) is 18.4 Å². The first kappa shape index (κ1) is 15.4. The van der Waals surface area contributed by atoms with Gasteiger partial charge in [-0.2, -0.15) is 4.98 Å². The molecule has 1 unspecified atom stereocenters. The summed E-state index contributed by atoms with van der Waals surface area (Å²) < 4.78 is 0. The molecule has 0 bridgehead atoms. The number of aryl methyl sites for hydroxylation is 2. The highest BCUT2D eigenvalue weighted by Gasteiger charge is 2.10. The van der Waals surface area contributed by atoms with E-state index >= 15 is 0 Å². The Hall–Kier alpha value is -1.69. The zero-order valence-corrected chi connectivity index (χ0v) is 11.6. The number of nitrogens with zero attached hydrogens (tertiary/aromatic N) is 1. The maximum absolute atomic E-state index is 11.8. The van der Waals surface area contributed by atoms with E-state index in [0.717, 1.165) is 12.0 Å². The number of aliphatic hydroxyl groups is 1. The van der Waals surface area contributed by atoms with Crippen LogP contribution < -0.4 is 11.0 Å². The minimum atomic E-state index is -0.393. The number of carbonyl (C=O) groups is 1. The molecule has 1 rings (SSSR count). The lowest BCUT2D eigenvalue weighted by Gasteiger charge is -2.09. The molecule has 6 heteroatoms. The summed E-state index contributed by atoms with van der Waals surface area (Å²) in [6.07, 6.45) is 1.27. The zero-order chi connectivity index (χ0) is 14.4. The summed E-state index contributed by atoms with van der Waals surface area (Å²) in [4.78, 5) is 29.3. The number of hydrogen-bond donors (Lipinski definition) is 3. The van der Waals surface area contributed by atoms with E-state index in [4.69, 9.17) is 5.11 Å². The number of amides is 1. The van der Waals surface area contributed by atoms with Crippen LogP contribution in [0.3, 0.4) is 0 Å². The molecule has 6 nitrogen and oxygen atoms in total. The third-order valence-electron chi connectivity index (χ3n) is 2.91. The summed E-state index contributed by atoms with van der Waals surface area (Å²) in [5, 5.41) is 11.9. The van der Waals surface area contributed by atoms with Crippen molar-refractivity contribution in [2.24, 2.45) is 0 Å². The van der Waals surface area contributed by atoms with Crippen LogP contribution in [0.4, 0.5) is 0 Å². The first-order valence-corrected chi connectivity index (χ1v) is 6.41. The van der Waals surface area contributed by atoms with E-state index in [9.17, 15) is 9.59 Å². The van der Waals surface area contributed by atoms with Gasteiger partial charge in [0.15, 0.2) is 0 Å². The van der Waals surface area contributed by atoms with Gasteiger partial charge in [0.05, 0.1) is 12.5 Å². The van der Waals surface area contributed by atoms with Crippen LogP contribution in [0.5, 0.6) is 0 Å². The predicted octanol–water partition coefficient (Wildman–Crippen LogP) is 0.206. The smallest absolute Gasteiger partial charge is 0.345 e. The molecule has 0 aliphatic carbocycles. The van der Waals surface area contributed by atoms with Gasteiger partial charge in [-0.25, -0.2) is 4.79 Å². The molecule has 1 aromatic rings. The van der Waals surface area contributed by atoms with Crippen molar-refractivity contribution in [2.75, 3.05) is 6.54 Å². The predicted molar refractivity (Wildman–Crippen MR) is 72.0 cm³/mol. The Morgan fingerprint density at radius 2 is 2.16 bits per heavy atom. The van der Waals surface area contributed by atoms with Gasteiger partial charge < -0.3 is 15.4 Å². The Morgan fingerprint density at radius 1 is 1.47 bits per heavy atom. The Morgan fingerprint density at radius 3 is 2.74 bits per heavy atom. The van der Waals surface area contributed by atoms with Crippen molar-refractivity contribution in [3.8, 4) is 0 Å². The molecule has 0 aliphatic rings. The van der Waals surface area contributed by atoms with Crippen molar-refractivity contribution in [2.45, 2.75) is 46.1 Å². The Balaban J connectivity index is 2.51.